The van der Waals surface area contributed by atoms with Crippen LogP contribution < -0.4 is 10.1 Å². The van der Waals surface area contributed by atoms with Crippen molar-refractivity contribution in [1.29, 1.82) is 0 Å². The molecule has 164 valence electrons. The monoisotopic (exact) mass is 445 g/mol. The molecule has 0 unspecified atom stereocenters. The number of ether oxygens (including phenoxy) is 1. The number of hydrogen-bond acceptors (Lipinski definition) is 6. The van der Waals surface area contributed by atoms with Crippen molar-refractivity contribution in [3.05, 3.63) is 73.2 Å². The maximum Gasteiger partial charge on any atom is 0.159 e. The Balaban J connectivity index is 1.47. The molecular weight excluding hydrogens is 426 g/mol. The highest BCUT2D eigenvalue weighted by Gasteiger charge is 2.17. The lowest BCUT2D eigenvalue weighted by Crippen LogP contribution is -2.11. The Hall–Kier alpha value is -4.72. The van der Waals surface area contributed by atoms with Gasteiger partial charge in [0.05, 0.1) is 22.1 Å². The second-order valence-electron chi connectivity index (χ2n) is 8.24. The number of anilines is 1. The van der Waals surface area contributed by atoms with Crippen molar-refractivity contribution in [2.45, 2.75) is 0 Å². The third-order valence-electron chi connectivity index (χ3n) is 6.07. The number of benzene rings is 2. The molecule has 0 aliphatic carbocycles. The molecule has 0 saturated carbocycles. The number of nitrogens with one attached hydrogen (secondary N) is 3. The van der Waals surface area contributed by atoms with E-state index in [9.17, 15) is 0 Å². The number of rotatable bonds is 0. The first-order valence-electron chi connectivity index (χ1n) is 11.1. The van der Waals surface area contributed by atoms with Crippen LogP contribution in [0, 0.1) is 0 Å². The molecule has 1 aliphatic rings. The van der Waals surface area contributed by atoms with Crippen LogP contribution in [0.25, 0.3) is 55.8 Å². The highest BCUT2D eigenvalue weighted by Crippen LogP contribution is 2.33. The zero-order chi connectivity index (χ0) is 22.5. The molecule has 7 rings (SSSR count). The number of aromatic amines is 2. The minimum absolute atomic E-state index is 0.524. The van der Waals surface area contributed by atoms with E-state index in [1.807, 2.05) is 42.9 Å². The van der Waals surface area contributed by atoms with Gasteiger partial charge in [-0.25, -0.2) is 9.97 Å². The minimum Gasteiger partial charge on any atom is -0.492 e. The standard InChI is InChI=1S/C26H19N7O/c1-3-15-10-19(4-1)34-8-7-28-18-9-16(12-27-14-18)17-11-21-24(32-33-25(21)29-13-17)26-30-22-6-2-5-20(15)23(22)31-26/h1-6,9-14,28H,7-8H2,(H,30,31)(H,29,32,33). The molecule has 5 heterocycles. The second kappa shape index (κ2) is 7.41. The van der Waals surface area contributed by atoms with Gasteiger partial charge in [0.25, 0.3) is 0 Å². The zero-order valence-corrected chi connectivity index (χ0v) is 18.0. The summed E-state index contributed by atoms with van der Waals surface area (Å²) in [4.78, 5) is 17.4. The maximum absolute atomic E-state index is 6.02. The molecule has 4 aromatic heterocycles. The van der Waals surface area contributed by atoms with Crippen LogP contribution in [0.5, 0.6) is 5.75 Å². The van der Waals surface area contributed by atoms with Crippen LogP contribution in [-0.2, 0) is 0 Å². The number of fused-ring (bicyclic) bond motifs is 9. The quantitative estimate of drug-likeness (QED) is 0.303. The van der Waals surface area contributed by atoms with E-state index in [4.69, 9.17) is 9.72 Å². The highest BCUT2D eigenvalue weighted by molar-refractivity contribution is 5.97. The van der Waals surface area contributed by atoms with E-state index in [0.717, 1.165) is 55.8 Å². The van der Waals surface area contributed by atoms with E-state index >= 15 is 0 Å². The summed E-state index contributed by atoms with van der Waals surface area (Å²) in [5.41, 5.74) is 8.18. The predicted molar refractivity (Wildman–Crippen MR) is 132 cm³/mol. The van der Waals surface area contributed by atoms with Crippen LogP contribution in [0.2, 0.25) is 0 Å². The molecule has 34 heavy (non-hydrogen) atoms. The average molecular weight is 445 g/mol. The Morgan fingerprint density at radius 1 is 0.882 bits per heavy atom. The summed E-state index contributed by atoms with van der Waals surface area (Å²) in [5.74, 6) is 1.50. The Kier molecular flexibility index (Phi) is 4.10. The first kappa shape index (κ1) is 18.8. The number of para-hydroxylation sites is 1. The van der Waals surface area contributed by atoms with Crippen LogP contribution in [0.15, 0.2) is 73.2 Å². The van der Waals surface area contributed by atoms with Gasteiger partial charge in [-0.15, -0.1) is 0 Å². The number of imidazole rings is 1. The Morgan fingerprint density at radius 3 is 2.82 bits per heavy atom. The molecule has 1 aliphatic heterocycles. The normalized spacial score (nSPS) is 12.9. The smallest absolute Gasteiger partial charge is 0.159 e. The molecular formula is C26H19N7O. The predicted octanol–water partition coefficient (Wildman–Crippen LogP) is 5.03. The van der Waals surface area contributed by atoms with E-state index in [0.29, 0.717) is 24.6 Å². The summed E-state index contributed by atoms with van der Waals surface area (Å²) in [5, 5.41) is 11.9. The Labute approximate surface area is 194 Å². The molecule has 8 nitrogen and oxygen atoms in total. The molecule has 0 radical (unpaired) electrons. The van der Waals surface area contributed by atoms with Crippen molar-refractivity contribution in [2.75, 3.05) is 18.5 Å². The fourth-order valence-corrected chi connectivity index (χ4v) is 4.43. The van der Waals surface area contributed by atoms with Crippen LogP contribution in [-0.4, -0.2) is 43.3 Å². The molecule has 0 saturated heterocycles. The largest absolute Gasteiger partial charge is 0.492 e. The topological polar surface area (TPSA) is 104 Å². The van der Waals surface area contributed by atoms with Crippen LogP contribution >= 0.6 is 0 Å². The zero-order valence-electron chi connectivity index (χ0n) is 18.0. The Morgan fingerprint density at radius 2 is 1.82 bits per heavy atom. The van der Waals surface area contributed by atoms with Gasteiger partial charge in [0.1, 0.15) is 18.1 Å². The van der Waals surface area contributed by atoms with Gasteiger partial charge in [-0.1, -0.05) is 24.3 Å². The van der Waals surface area contributed by atoms with Crippen LogP contribution in [0.3, 0.4) is 0 Å². The summed E-state index contributed by atoms with van der Waals surface area (Å²) < 4.78 is 6.02. The maximum atomic E-state index is 6.02. The van der Waals surface area contributed by atoms with Crippen molar-refractivity contribution in [3.63, 3.8) is 0 Å². The summed E-state index contributed by atoms with van der Waals surface area (Å²) in [6, 6.07) is 18.4. The van der Waals surface area contributed by atoms with Gasteiger partial charge in [-0.2, -0.15) is 5.10 Å². The van der Waals surface area contributed by atoms with Gasteiger partial charge < -0.3 is 15.0 Å². The third-order valence-corrected chi connectivity index (χ3v) is 6.07. The van der Waals surface area contributed by atoms with Crippen LogP contribution in [0.1, 0.15) is 0 Å². The van der Waals surface area contributed by atoms with E-state index in [2.05, 4.69) is 60.8 Å². The van der Waals surface area contributed by atoms with Crippen LogP contribution in [0.4, 0.5) is 5.69 Å². The minimum atomic E-state index is 0.524. The fraction of sp³-hybridized carbons (Fsp3) is 0.0769. The summed E-state index contributed by atoms with van der Waals surface area (Å²) >= 11 is 0. The van der Waals surface area contributed by atoms with Crippen molar-refractivity contribution >= 4 is 27.8 Å². The molecule has 0 atom stereocenters. The summed E-state index contributed by atoms with van der Waals surface area (Å²) in [7, 11) is 0. The van der Waals surface area contributed by atoms with E-state index in [1.54, 1.807) is 0 Å². The third kappa shape index (κ3) is 3.07. The number of H-pyrrole nitrogens is 2. The van der Waals surface area contributed by atoms with Gasteiger partial charge in [0, 0.05) is 41.8 Å². The van der Waals surface area contributed by atoms with Gasteiger partial charge in [-0.3, -0.25) is 10.1 Å². The van der Waals surface area contributed by atoms with Crippen molar-refractivity contribution in [2.24, 2.45) is 0 Å². The lowest BCUT2D eigenvalue weighted by Gasteiger charge is -2.11. The molecule has 0 amide bonds. The molecule has 8 heteroatoms. The van der Waals surface area contributed by atoms with E-state index in [-0.39, 0.29) is 0 Å². The Bertz CT molecular complexity index is 1680. The number of nitrogens with zero attached hydrogens (tertiary/aromatic N) is 4. The van der Waals surface area contributed by atoms with Gasteiger partial charge in [0.2, 0.25) is 0 Å². The van der Waals surface area contributed by atoms with Gasteiger partial charge in [-0.05, 0) is 35.9 Å². The average Bonchev–Trinajstić information content (AvgIpc) is 3.50. The summed E-state index contributed by atoms with van der Waals surface area (Å²) in [6.45, 7) is 1.17. The van der Waals surface area contributed by atoms with E-state index < -0.39 is 0 Å². The molecule has 0 spiro atoms. The lowest BCUT2D eigenvalue weighted by molar-refractivity contribution is 0.333. The summed E-state index contributed by atoms with van der Waals surface area (Å²) in [6.07, 6.45) is 5.47. The second-order valence-corrected chi connectivity index (χ2v) is 8.24. The SMILES string of the molecule is c1cc2cc(c1)-c1cccc3[nH]c(nc13)-c1n[nH]c3ncc(cc13)-c1cncc(c1)NCCO2. The lowest BCUT2D eigenvalue weighted by atomic mass is 10.0. The molecule has 6 aromatic rings. The van der Waals surface area contributed by atoms with E-state index in [1.165, 1.54) is 0 Å². The number of aromatic nitrogens is 6. The molecule has 3 N–H and O–H groups in total. The molecule has 0 fully saturated rings. The van der Waals surface area contributed by atoms with Crippen molar-refractivity contribution in [3.8, 4) is 39.5 Å². The number of pyridine rings is 2. The van der Waals surface area contributed by atoms with Crippen molar-refractivity contribution in [1.82, 2.24) is 30.1 Å². The fourth-order valence-electron chi connectivity index (χ4n) is 4.43. The first-order valence-corrected chi connectivity index (χ1v) is 11.1. The first-order chi connectivity index (χ1) is 16.8. The molecule has 8 bridgehead atoms. The van der Waals surface area contributed by atoms with Gasteiger partial charge >= 0.3 is 0 Å². The highest BCUT2D eigenvalue weighted by atomic mass is 16.5. The number of hydrogen-bond donors (Lipinski definition) is 3. The van der Waals surface area contributed by atoms with Gasteiger partial charge in [0.15, 0.2) is 11.5 Å². The molecule has 2 aromatic carbocycles. The van der Waals surface area contributed by atoms with Crippen molar-refractivity contribution < 1.29 is 4.74 Å².